The topological polar surface area (TPSA) is 165 Å². The summed E-state index contributed by atoms with van der Waals surface area (Å²) in [6.45, 7) is 12.1. The van der Waals surface area contributed by atoms with Crippen LogP contribution in [0.2, 0.25) is 0 Å². The molecule has 81 heavy (non-hydrogen) atoms. The van der Waals surface area contributed by atoms with Crippen LogP contribution in [0.5, 0.6) is 0 Å². The van der Waals surface area contributed by atoms with E-state index in [0.29, 0.717) is 19.8 Å². The lowest BCUT2D eigenvalue weighted by atomic mass is 9.94. The molecule has 9 rings (SSSR count). The molecule has 0 amide bonds. The number of ether oxygens (including phenoxy) is 12. The van der Waals surface area contributed by atoms with Crippen LogP contribution in [-0.2, 0) is 106 Å². The molecule has 3 fully saturated rings. The summed E-state index contributed by atoms with van der Waals surface area (Å²) < 4.78 is 76.9. The fourth-order valence-corrected chi connectivity index (χ4v) is 10.3. The molecule has 0 spiro atoms. The van der Waals surface area contributed by atoms with Crippen LogP contribution in [0.3, 0.4) is 0 Å². The number of benzene rings is 6. The first-order valence-corrected chi connectivity index (χ1v) is 27.9. The van der Waals surface area contributed by atoms with E-state index in [1.54, 1.807) is 6.92 Å². The molecule has 0 bridgehead atoms. The minimum Gasteiger partial charge on any atom is -0.457 e. The van der Waals surface area contributed by atoms with Crippen molar-refractivity contribution >= 4 is 11.9 Å². The SMILES string of the molecule is CC(=O)OC1[C@H](C)OC(C)[C@H](OCc2ccccc2)[C@@H]1O.CC(=O)OC1[C@H](C)OC(C)[C@H](OCc2ccccc2)[C@@H]1OC1O[C@@H](COCc2ccccc2)[C@@H](OCc2ccccc2)C(OCc2ccccc2)C1OCc1ccccc1. The molecule has 1 N–H and O–H groups in total. The zero-order chi connectivity index (χ0) is 56.9. The normalized spacial score (nSPS) is 28.2. The summed E-state index contributed by atoms with van der Waals surface area (Å²) in [7, 11) is 0. The fraction of sp³-hybridized carbons (Fsp3) is 0.424. The van der Waals surface area contributed by atoms with Crippen LogP contribution in [-0.4, -0.2) is 115 Å². The van der Waals surface area contributed by atoms with Gasteiger partial charge in [0.05, 0.1) is 70.7 Å². The number of carbonyl (C=O) groups is 2. The molecule has 15 heteroatoms. The Morgan fingerprint density at radius 1 is 0.370 bits per heavy atom. The average Bonchev–Trinajstić information content (AvgIpc) is 3.68. The Balaban J connectivity index is 0.000000343. The number of carbonyl (C=O) groups excluding carboxylic acids is 2. The minimum absolute atomic E-state index is 0.159. The summed E-state index contributed by atoms with van der Waals surface area (Å²) in [4.78, 5) is 23.8. The molecule has 15 atom stereocenters. The number of aliphatic hydroxyl groups excluding tert-OH is 1. The van der Waals surface area contributed by atoms with Crippen molar-refractivity contribution in [2.75, 3.05) is 6.61 Å². The van der Waals surface area contributed by atoms with Gasteiger partial charge in [-0.1, -0.05) is 182 Å². The lowest BCUT2D eigenvalue weighted by molar-refractivity contribution is -0.359. The summed E-state index contributed by atoms with van der Waals surface area (Å²) in [5.74, 6) is -0.904. The van der Waals surface area contributed by atoms with Gasteiger partial charge >= 0.3 is 11.9 Å². The van der Waals surface area contributed by atoms with E-state index < -0.39 is 91.5 Å². The van der Waals surface area contributed by atoms with Crippen LogP contribution in [0.1, 0.15) is 74.9 Å². The molecule has 3 saturated heterocycles. The standard InChI is InChI=1S/C50H56O10.C16H22O5/c1-35-44(53-30-39-21-11-5-12-22-39)48(45(36(2)57-35)58-37(3)51)60-50-49(56-33-42-27-17-8-18-28-42)47(55-32-41-25-15-7-16-26-41)46(54-31-40-23-13-6-14-24-40)43(59-50)34-52-29-38-19-9-4-10-20-38;1-10-15(19-9-13-7-5-4-6-8-13)14(18)16(11(2)20-10)21-12(3)17/h4-28,35-36,43-50H,29-34H2,1-3H3;4-8,10-11,14-16,18H,9H2,1-3H3/t35?,36-,43-,44-,45?,46+,47?,48-,49?,50?;10?,11-,14-,15-,16?/m00/s1. The van der Waals surface area contributed by atoms with E-state index in [4.69, 9.17) is 56.8 Å². The average molecular weight is 1110 g/mol. The van der Waals surface area contributed by atoms with Crippen molar-refractivity contribution in [3.8, 4) is 0 Å². The van der Waals surface area contributed by atoms with E-state index >= 15 is 0 Å². The molecule has 3 aliphatic rings. The van der Waals surface area contributed by atoms with Crippen molar-refractivity contribution in [1.82, 2.24) is 0 Å². The lowest BCUT2D eigenvalue weighted by Gasteiger charge is -2.49. The smallest absolute Gasteiger partial charge is 0.303 e. The molecule has 3 heterocycles. The Morgan fingerprint density at radius 2 is 0.691 bits per heavy atom. The van der Waals surface area contributed by atoms with Crippen molar-refractivity contribution in [3.63, 3.8) is 0 Å². The summed E-state index contributed by atoms with van der Waals surface area (Å²) in [5.41, 5.74) is 5.96. The van der Waals surface area contributed by atoms with Crippen LogP contribution < -0.4 is 0 Å². The Hall–Kier alpha value is -6.18. The second-order valence-electron chi connectivity index (χ2n) is 20.7. The molecule has 7 unspecified atom stereocenters. The van der Waals surface area contributed by atoms with Crippen LogP contribution in [0.15, 0.2) is 182 Å². The zero-order valence-electron chi connectivity index (χ0n) is 47.1. The molecule has 6 aromatic carbocycles. The van der Waals surface area contributed by atoms with Gasteiger partial charge in [0.25, 0.3) is 0 Å². The van der Waals surface area contributed by atoms with E-state index in [1.165, 1.54) is 13.8 Å². The maximum absolute atomic E-state index is 12.7. The van der Waals surface area contributed by atoms with Gasteiger partial charge in [0.2, 0.25) is 0 Å². The third kappa shape index (κ3) is 18.2. The van der Waals surface area contributed by atoms with Crippen LogP contribution in [0, 0.1) is 0 Å². The molecule has 0 radical (unpaired) electrons. The summed E-state index contributed by atoms with van der Waals surface area (Å²) in [5, 5.41) is 10.4. The molecule has 0 aromatic heterocycles. The molecule has 6 aromatic rings. The van der Waals surface area contributed by atoms with Gasteiger partial charge in [-0.25, -0.2) is 0 Å². The maximum atomic E-state index is 12.7. The summed E-state index contributed by atoms with van der Waals surface area (Å²) in [6.07, 6.45) is -9.99. The maximum Gasteiger partial charge on any atom is 0.303 e. The van der Waals surface area contributed by atoms with Gasteiger partial charge in [-0.3, -0.25) is 9.59 Å². The molecule has 15 nitrogen and oxygen atoms in total. The lowest BCUT2D eigenvalue weighted by Crippen LogP contribution is -2.65. The number of aliphatic hydroxyl groups is 1. The van der Waals surface area contributed by atoms with Crippen molar-refractivity contribution in [1.29, 1.82) is 0 Å². The second-order valence-corrected chi connectivity index (χ2v) is 20.7. The van der Waals surface area contributed by atoms with Crippen molar-refractivity contribution in [2.45, 2.75) is 173 Å². The van der Waals surface area contributed by atoms with E-state index in [1.807, 2.05) is 203 Å². The highest BCUT2D eigenvalue weighted by Crippen LogP contribution is 2.36. The van der Waals surface area contributed by atoms with E-state index in [9.17, 15) is 14.7 Å². The molecule has 0 saturated carbocycles. The van der Waals surface area contributed by atoms with Gasteiger partial charge in [0.1, 0.15) is 48.8 Å². The summed E-state index contributed by atoms with van der Waals surface area (Å²) in [6, 6.07) is 59.5. The first-order chi connectivity index (χ1) is 39.4. The minimum atomic E-state index is -1.06. The first kappa shape index (κ1) is 60.9. The van der Waals surface area contributed by atoms with Crippen LogP contribution in [0.4, 0.5) is 0 Å². The van der Waals surface area contributed by atoms with E-state index in [-0.39, 0.29) is 38.6 Å². The second kappa shape index (κ2) is 31.3. The number of esters is 2. The Kier molecular flexibility index (Phi) is 23.5. The number of rotatable bonds is 23. The van der Waals surface area contributed by atoms with Crippen molar-refractivity contribution in [3.05, 3.63) is 215 Å². The highest BCUT2D eigenvalue weighted by molar-refractivity contribution is 5.66. The third-order valence-electron chi connectivity index (χ3n) is 14.3. The highest BCUT2D eigenvalue weighted by atomic mass is 16.7. The van der Waals surface area contributed by atoms with E-state index in [2.05, 4.69) is 0 Å². The van der Waals surface area contributed by atoms with Gasteiger partial charge in [0, 0.05) is 13.8 Å². The number of hydrogen-bond acceptors (Lipinski definition) is 15. The Morgan fingerprint density at radius 3 is 1.11 bits per heavy atom. The molecule has 3 aliphatic heterocycles. The molecular weight excluding hydrogens is 1030 g/mol. The van der Waals surface area contributed by atoms with Crippen molar-refractivity contribution < 1.29 is 71.5 Å². The summed E-state index contributed by atoms with van der Waals surface area (Å²) >= 11 is 0. The highest BCUT2D eigenvalue weighted by Gasteiger charge is 2.54. The van der Waals surface area contributed by atoms with Crippen molar-refractivity contribution in [2.24, 2.45) is 0 Å². The Labute approximate surface area is 476 Å². The van der Waals surface area contributed by atoms with Gasteiger partial charge in [-0.05, 0) is 61.1 Å². The van der Waals surface area contributed by atoms with Crippen LogP contribution in [0.25, 0.3) is 0 Å². The first-order valence-electron chi connectivity index (χ1n) is 27.9. The quantitative estimate of drug-likeness (QED) is 0.0602. The van der Waals surface area contributed by atoms with Gasteiger partial charge in [-0.2, -0.15) is 0 Å². The van der Waals surface area contributed by atoms with E-state index in [0.717, 1.165) is 33.4 Å². The fourth-order valence-electron chi connectivity index (χ4n) is 10.3. The third-order valence-corrected chi connectivity index (χ3v) is 14.3. The molecule has 0 aliphatic carbocycles. The Bertz CT molecular complexity index is 2730. The predicted octanol–water partition coefficient (Wildman–Crippen LogP) is 10.1. The monoisotopic (exact) mass is 1110 g/mol. The van der Waals surface area contributed by atoms with Gasteiger partial charge < -0.3 is 61.9 Å². The number of hydrogen-bond donors (Lipinski definition) is 1. The molecular formula is C66H78O15. The zero-order valence-corrected chi connectivity index (χ0v) is 47.1. The van der Waals surface area contributed by atoms with Crippen LogP contribution >= 0.6 is 0 Å². The van der Waals surface area contributed by atoms with Gasteiger partial charge in [0.15, 0.2) is 18.5 Å². The van der Waals surface area contributed by atoms with Gasteiger partial charge in [-0.15, -0.1) is 0 Å². The molecule has 432 valence electrons. The predicted molar refractivity (Wildman–Crippen MR) is 302 cm³/mol. The largest absolute Gasteiger partial charge is 0.457 e.